The summed E-state index contributed by atoms with van der Waals surface area (Å²) in [6.45, 7) is 6.82. The number of nitrogens with two attached hydrogens (primary N) is 1. The van der Waals surface area contributed by atoms with Gasteiger partial charge in [-0.25, -0.2) is 0 Å². The van der Waals surface area contributed by atoms with Gasteiger partial charge in [0.2, 0.25) is 0 Å². The molecule has 64 valence electrons. The first-order chi connectivity index (χ1) is 5.00. The highest BCUT2D eigenvalue weighted by molar-refractivity contribution is 5.14. The SMILES string of the molecule is CC(C)(C)C1=CCC(N)CC1. The Hall–Kier alpha value is -0.300. The Bertz CT molecular complexity index is 162. The minimum absolute atomic E-state index is 0.361. The lowest BCUT2D eigenvalue weighted by atomic mass is 9.79. The van der Waals surface area contributed by atoms with E-state index < -0.39 is 0 Å². The maximum atomic E-state index is 5.80. The molecular formula is C10H19N. The lowest BCUT2D eigenvalue weighted by Crippen LogP contribution is -2.24. The highest BCUT2D eigenvalue weighted by atomic mass is 14.6. The predicted octanol–water partition coefficient (Wildman–Crippen LogP) is 2.47. The van der Waals surface area contributed by atoms with Crippen molar-refractivity contribution in [3.8, 4) is 0 Å². The molecule has 0 bridgehead atoms. The molecule has 1 aliphatic rings. The number of rotatable bonds is 0. The molecule has 0 radical (unpaired) electrons. The van der Waals surface area contributed by atoms with Crippen LogP contribution < -0.4 is 5.73 Å². The lowest BCUT2D eigenvalue weighted by molar-refractivity contribution is 0.444. The van der Waals surface area contributed by atoms with Gasteiger partial charge in [0.15, 0.2) is 0 Å². The summed E-state index contributed by atoms with van der Waals surface area (Å²) in [4.78, 5) is 0. The summed E-state index contributed by atoms with van der Waals surface area (Å²) in [6, 6.07) is 0.418. The fraction of sp³-hybridized carbons (Fsp3) is 0.800. The Morgan fingerprint density at radius 3 is 2.45 bits per heavy atom. The summed E-state index contributed by atoms with van der Waals surface area (Å²) in [6.07, 6.45) is 5.77. The molecule has 1 aliphatic carbocycles. The Morgan fingerprint density at radius 2 is 2.09 bits per heavy atom. The molecule has 0 fully saturated rings. The van der Waals surface area contributed by atoms with Gasteiger partial charge in [-0.05, 0) is 24.7 Å². The van der Waals surface area contributed by atoms with Gasteiger partial charge in [0, 0.05) is 6.04 Å². The fourth-order valence-corrected chi connectivity index (χ4v) is 1.54. The Kier molecular flexibility index (Phi) is 2.38. The van der Waals surface area contributed by atoms with E-state index in [1.807, 2.05) is 0 Å². The second kappa shape index (κ2) is 2.98. The van der Waals surface area contributed by atoms with Crippen LogP contribution in [0.3, 0.4) is 0 Å². The van der Waals surface area contributed by atoms with Gasteiger partial charge in [-0.3, -0.25) is 0 Å². The highest BCUT2D eigenvalue weighted by Gasteiger charge is 2.20. The van der Waals surface area contributed by atoms with Gasteiger partial charge < -0.3 is 5.73 Å². The molecule has 0 aromatic carbocycles. The van der Waals surface area contributed by atoms with E-state index in [0.717, 1.165) is 6.42 Å². The Labute approximate surface area is 69.7 Å². The zero-order valence-electron chi connectivity index (χ0n) is 7.85. The molecule has 0 aromatic rings. The number of allylic oxidation sites excluding steroid dienone is 1. The summed E-state index contributed by atoms with van der Waals surface area (Å²) < 4.78 is 0. The average molecular weight is 153 g/mol. The number of hydrogen-bond acceptors (Lipinski definition) is 1. The highest BCUT2D eigenvalue weighted by Crippen LogP contribution is 2.32. The monoisotopic (exact) mass is 153 g/mol. The third-order valence-corrected chi connectivity index (χ3v) is 2.41. The maximum Gasteiger partial charge on any atom is 0.00765 e. The molecule has 11 heavy (non-hydrogen) atoms. The van der Waals surface area contributed by atoms with Gasteiger partial charge in [-0.2, -0.15) is 0 Å². The molecule has 0 saturated carbocycles. The fourth-order valence-electron chi connectivity index (χ4n) is 1.54. The first-order valence-corrected chi connectivity index (χ1v) is 4.45. The van der Waals surface area contributed by atoms with Crippen molar-refractivity contribution in [2.75, 3.05) is 0 Å². The van der Waals surface area contributed by atoms with Gasteiger partial charge in [-0.1, -0.05) is 32.4 Å². The van der Waals surface area contributed by atoms with Crippen LogP contribution in [0.1, 0.15) is 40.0 Å². The standard InChI is InChI=1S/C10H19N/c1-10(2,3)8-4-6-9(11)7-5-8/h4,9H,5-7,11H2,1-3H3. The average Bonchev–Trinajstić information content (AvgIpc) is 1.86. The van der Waals surface area contributed by atoms with Crippen molar-refractivity contribution in [2.24, 2.45) is 11.1 Å². The van der Waals surface area contributed by atoms with Gasteiger partial charge >= 0.3 is 0 Å². The third-order valence-electron chi connectivity index (χ3n) is 2.41. The minimum atomic E-state index is 0.361. The molecule has 1 heteroatoms. The molecule has 0 aromatic heterocycles. The van der Waals surface area contributed by atoms with Gasteiger partial charge in [0.1, 0.15) is 0 Å². The molecule has 0 aliphatic heterocycles. The van der Waals surface area contributed by atoms with Crippen molar-refractivity contribution in [3.05, 3.63) is 11.6 Å². The van der Waals surface area contributed by atoms with Gasteiger partial charge in [-0.15, -0.1) is 0 Å². The van der Waals surface area contributed by atoms with Gasteiger partial charge in [0.05, 0.1) is 0 Å². The smallest absolute Gasteiger partial charge is 0.00765 e. The van der Waals surface area contributed by atoms with E-state index in [-0.39, 0.29) is 0 Å². The Balaban J connectivity index is 2.62. The summed E-state index contributed by atoms with van der Waals surface area (Å²) in [5.41, 5.74) is 7.74. The van der Waals surface area contributed by atoms with Crippen molar-refractivity contribution < 1.29 is 0 Å². The Morgan fingerprint density at radius 1 is 1.45 bits per heavy atom. The van der Waals surface area contributed by atoms with Crippen molar-refractivity contribution in [2.45, 2.75) is 46.1 Å². The van der Waals surface area contributed by atoms with Crippen molar-refractivity contribution in [1.29, 1.82) is 0 Å². The summed E-state index contributed by atoms with van der Waals surface area (Å²) >= 11 is 0. The molecule has 2 N–H and O–H groups in total. The van der Waals surface area contributed by atoms with E-state index in [2.05, 4.69) is 26.8 Å². The molecule has 0 spiro atoms. The van der Waals surface area contributed by atoms with Crippen LogP contribution in [0.15, 0.2) is 11.6 Å². The van der Waals surface area contributed by atoms with Crippen LogP contribution in [-0.2, 0) is 0 Å². The van der Waals surface area contributed by atoms with Crippen LogP contribution in [0.5, 0.6) is 0 Å². The summed E-state index contributed by atoms with van der Waals surface area (Å²) in [7, 11) is 0. The third kappa shape index (κ3) is 2.33. The predicted molar refractivity (Wildman–Crippen MR) is 49.4 cm³/mol. The van der Waals surface area contributed by atoms with Crippen molar-refractivity contribution >= 4 is 0 Å². The second-order valence-corrected chi connectivity index (χ2v) is 4.51. The minimum Gasteiger partial charge on any atom is -0.327 e. The zero-order valence-corrected chi connectivity index (χ0v) is 7.85. The van der Waals surface area contributed by atoms with Crippen molar-refractivity contribution in [3.63, 3.8) is 0 Å². The molecule has 0 heterocycles. The number of hydrogen-bond donors (Lipinski definition) is 1. The van der Waals surface area contributed by atoms with Crippen LogP contribution in [0.25, 0.3) is 0 Å². The molecule has 1 nitrogen and oxygen atoms in total. The second-order valence-electron chi connectivity index (χ2n) is 4.51. The van der Waals surface area contributed by atoms with E-state index in [1.54, 1.807) is 5.57 Å². The van der Waals surface area contributed by atoms with Crippen LogP contribution >= 0.6 is 0 Å². The van der Waals surface area contributed by atoms with E-state index in [9.17, 15) is 0 Å². The normalized spacial score (nSPS) is 26.5. The van der Waals surface area contributed by atoms with Crippen molar-refractivity contribution in [1.82, 2.24) is 0 Å². The van der Waals surface area contributed by atoms with E-state index >= 15 is 0 Å². The van der Waals surface area contributed by atoms with Crippen LogP contribution in [0.4, 0.5) is 0 Å². The molecule has 1 atom stereocenters. The van der Waals surface area contributed by atoms with Gasteiger partial charge in [0.25, 0.3) is 0 Å². The van der Waals surface area contributed by atoms with Crippen LogP contribution in [0, 0.1) is 5.41 Å². The summed E-state index contributed by atoms with van der Waals surface area (Å²) in [5.74, 6) is 0. The topological polar surface area (TPSA) is 26.0 Å². The molecule has 1 rings (SSSR count). The van der Waals surface area contributed by atoms with E-state index in [1.165, 1.54) is 12.8 Å². The molecular weight excluding hydrogens is 134 g/mol. The lowest BCUT2D eigenvalue weighted by Gasteiger charge is -2.28. The first-order valence-electron chi connectivity index (χ1n) is 4.45. The van der Waals surface area contributed by atoms with Crippen LogP contribution in [0.2, 0.25) is 0 Å². The molecule has 0 amide bonds. The van der Waals surface area contributed by atoms with E-state index in [4.69, 9.17) is 5.73 Å². The van der Waals surface area contributed by atoms with E-state index in [0.29, 0.717) is 11.5 Å². The molecule has 1 unspecified atom stereocenters. The maximum absolute atomic E-state index is 5.80. The van der Waals surface area contributed by atoms with Crippen LogP contribution in [-0.4, -0.2) is 6.04 Å². The quantitative estimate of drug-likeness (QED) is 0.531. The first kappa shape index (κ1) is 8.79. The largest absolute Gasteiger partial charge is 0.327 e. The summed E-state index contributed by atoms with van der Waals surface area (Å²) in [5, 5.41) is 0. The molecule has 0 saturated heterocycles. The zero-order chi connectivity index (χ0) is 8.48.